The molecule has 0 saturated carbocycles. The summed E-state index contributed by atoms with van der Waals surface area (Å²) in [5, 5.41) is 11.7. The van der Waals surface area contributed by atoms with Crippen molar-refractivity contribution in [3.8, 4) is 0 Å². The number of nitrogens with one attached hydrogen (secondary N) is 2. The van der Waals surface area contributed by atoms with Gasteiger partial charge in [0.25, 0.3) is 0 Å². The van der Waals surface area contributed by atoms with E-state index in [1.165, 1.54) is 6.07 Å². The van der Waals surface area contributed by atoms with E-state index in [0.717, 1.165) is 19.3 Å². The molecule has 1 aromatic carbocycles. The van der Waals surface area contributed by atoms with Crippen LogP contribution in [0.15, 0.2) is 12.1 Å². The Balaban J connectivity index is 1.90. The van der Waals surface area contributed by atoms with Crippen LogP contribution in [-0.2, 0) is 14.0 Å². The van der Waals surface area contributed by atoms with Crippen LogP contribution in [0.5, 0.6) is 0 Å². The summed E-state index contributed by atoms with van der Waals surface area (Å²) in [6, 6.07) is 2.86. The molecule has 0 amide bonds. The van der Waals surface area contributed by atoms with E-state index in [-0.39, 0.29) is 22.4 Å². The maximum Gasteiger partial charge on any atom is 0.514 e. The first-order valence-electron chi connectivity index (χ1n) is 8.93. The van der Waals surface area contributed by atoms with Crippen LogP contribution in [0.2, 0.25) is 5.02 Å². The monoisotopic (exact) mass is 382 g/mol. The summed E-state index contributed by atoms with van der Waals surface area (Å²) < 4.78 is 31.7. The minimum atomic E-state index is -0.924. The largest absolute Gasteiger partial charge is 0.514 e. The highest BCUT2D eigenvalue weighted by Gasteiger charge is 2.53. The van der Waals surface area contributed by atoms with Gasteiger partial charge in [-0.3, -0.25) is 0 Å². The van der Waals surface area contributed by atoms with Gasteiger partial charge in [-0.25, -0.2) is 4.39 Å². The molecule has 0 spiro atoms. The summed E-state index contributed by atoms with van der Waals surface area (Å²) in [7, 11) is -0.924. The van der Waals surface area contributed by atoms with Gasteiger partial charge in [-0.2, -0.15) is 0 Å². The van der Waals surface area contributed by atoms with Gasteiger partial charge in [0.15, 0.2) is 0 Å². The molecule has 1 aromatic rings. The average Bonchev–Trinajstić information content (AvgIpc) is 2.80. The van der Waals surface area contributed by atoms with Gasteiger partial charge in [0, 0.05) is 17.9 Å². The Hall–Kier alpha value is -1.15. The highest BCUT2D eigenvalue weighted by atomic mass is 35.5. The second kappa shape index (κ2) is 7.11. The van der Waals surface area contributed by atoms with Crippen molar-refractivity contribution in [2.75, 3.05) is 11.9 Å². The molecular weight excluding hydrogens is 357 g/mol. The van der Waals surface area contributed by atoms with E-state index in [1.807, 2.05) is 27.7 Å². The van der Waals surface area contributed by atoms with Crippen molar-refractivity contribution in [3.05, 3.63) is 28.5 Å². The molecule has 0 radical (unpaired) electrons. The Morgan fingerprint density at radius 2 is 1.88 bits per heavy atom. The summed E-state index contributed by atoms with van der Waals surface area (Å²) in [6.07, 6.45) is 2.74. The SMILES string of the molecule is CC1(C)OB(C(=N)c2c(NC3CCCCO3)ccc(F)c2Cl)OC1(C)C. The molecule has 0 bridgehead atoms. The Kier molecular flexibility index (Phi) is 5.37. The van der Waals surface area contributed by atoms with E-state index in [2.05, 4.69) is 5.32 Å². The minimum Gasteiger partial charge on any atom is -0.398 e. The van der Waals surface area contributed by atoms with Crippen molar-refractivity contribution in [2.24, 2.45) is 0 Å². The van der Waals surface area contributed by atoms with Crippen LogP contribution in [0.1, 0.15) is 52.5 Å². The Morgan fingerprint density at radius 1 is 1.23 bits per heavy atom. The smallest absolute Gasteiger partial charge is 0.398 e. The van der Waals surface area contributed by atoms with Gasteiger partial charge in [0.05, 0.1) is 21.8 Å². The topological polar surface area (TPSA) is 63.6 Å². The lowest BCUT2D eigenvalue weighted by molar-refractivity contribution is 0.00578. The van der Waals surface area contributed by atoms with Crippen LogP contribution in [0, 0.1) is 11.2 Å². The van der Waals surface area contributed by atoms with E-state index < -0.39 is 24.1 Å². The van der Waals surface area contributed by atoms with Gasteiger partial charge < -0.3 is 24.8 Å². The standard InChI is InChI=1S/C18H25BClFN2O3/c1-17(2)18(3,4)26-19(25-17)16(22)14-12(9-8-11(21)15(14)20)23-13-7-5-6-10-24-13/h8-9,13,22-23H,5-7,10H2,1-4H3. The molecule has 3 rings (SSSR count). The second-order valence-corrected chi connectivity index (χ2v) is 8.16. The molecule has 0 aromatic heterocycles. The van der Waals surface area contributed by atoms with Crippen LogP contribution in [0.3, 0.4) is 0 Å². The zero-order valence-corrected chi connectivity index (χ0v) is 16.4. The molecule has 5 nitrogen and oxygen atoms in total. The average molecular weight is 383 g/mol. The van der Waals surface area contributed by atoms with Crippen LogP contribution < -0.4 is 5.32 Å². The van der Waals surface area contributed by atoms with Crippen molar-refractivity contribution in [3.63, 3.8) is 0 Å². The Morgan fingerprint density at radius 3 is 2.46 bits per heavy atom. The lowest BCUT2D eigenvalue weighted by atomic mass is 9.77. The molecule has 2 aliphatic rings. The highest BCUT2D eigenvalue weighted by molar-refractivity contribution is 6.85. The molecular formula is C18H25BClFN2O3. The molecule has 2 saturated heterocycles. The third kappa shape index (κ3) is 3.63. The van der Waals surface area contributed by atoms with Gasteiger partial charge in [0.1, 0.15) is 12.0 Å². The summed E-state index contributed by atoms with van der Waals surface area (Å²) in [6.45, 7) is 8.30. The normalized spacial score (nSPS) is 24.5. The van der Waals surface area contributed by atoms with E-state index in [9.17, 15) is 4.39 Å². The summed E-state index contributed by atoms with van der Waals surface area (Å²) in [5.41, 5.74) is -0.401. The summed E-state index contributed by atoms with van der Waals surface area (Å²) >= 11 is 6.22. The maximum atomic E-state index is 14.1. The van der Waals surface area contributed by atoms with Crippen molar-refractivity contribution in [2.45, 2.75) is 64.4 Å². The van der Waals surface area contributed by atoms with Crippen molar-refractivity contribution in [1.82, 2.24) is 0 Å². The fourth-order valence-electron chi connectivity index (χ4n) is 3.04. The third-order valence-electron chi connectivity index (χ3n) is 5.35. The summed E-state index contributed by atoms with van der Waals surface area (Å²) in [4.78, 5) is 0. The molecule has 142 valence electrons. The van der Waals surface area contributed by atoms with Crippen LogP contribution in [0.25, 0.3) is 0 Å². The van der Waals surface area contributed by atoms with Crippen LogP contribution in [0.4, 0.5) is 10.1 Å². The Bertz CT molecular complexity index is 692. The van der Waals surface area contributed by atoms with Crippen molar-refractivity contribution >= 4 is 30.0 Å². The molecule has 2 fully saturated rings. The van der Waals surface area contributed by atoms with E-state index in [0.29, 0.717) is 12.3 Å². The number of hydrogen-bond donors (Lipinski definition) is 2. The molecule has 0 aliphatic carbocycles. The number of benzene rings is 1. The minimum absolute atomic E-state index is 0.00791. The summed E-state index contributed by atoms with van der Waals surface area (Å²) in [5.74, 6) is -0.585. The number of ether oxygens (including phenoxy) is 1. The molecule has 2 heterocycles. The molecule has 2 N–H and O–H groups in total. The first-order valence-corrected chi connectivity index (χ1v) is 9.31. The zero-order valence-electron chi connectivity index (χ0n) is 15.6. The van der Waals surface area contributed by atoms with Gasteiger partial charge in [0.2, 0.25) is 0 Å². The first-order chi connectivity index (χ1) is 12.1. The van der Waals surface area contributed by atoms with Gasteiger partial charge >= 0.3 is 7.12 Å². The van der Waals surface area contributed by atoms with Crippen LogP contribution >= 0.6 is 11.6 Å². The van der Waals surface area contributed by atoms with Crippen LogP contribution in [-0.4, -0.2) is 36.8 Å². The number of anilines is 1. The quantitative estimate of drug-likeness (QED) is 0.598. The Labute approximate surface area is 159 Å². The maximum absolute atomic E-state index is 14.1. The lowest BCUT2D eigenvalue weighted by Crippen LogP contribution is -2.41. The molecule has 2 aliphatic heterocycles. The lowest BCUT2D eigenvalue weighted by Gasteiger charge is -2.32. The molecule has 1 unspecified atom stereocenters. The van der Waals surface area contributed by atoms with E-state index in [4.69, 9.17) is 31.1 Å². The number of hydrogen-bond acceptors (Lipinski definition) is 5. The van der Waals surface area contributed by atoms with Gasteiger partial charge in [-0.05, 0) is 59.1 Å². The second-order valence-electron chi connectivity index (χ2n) is 7.79. The molecule has 1 atom stereocenters. The molecule has 26 heavy (non-hydrogen) atoms. The third-order valence-corrected chi connectivity index (χ3v) is 5.72. The first kappa shape index (κ1) is 19.6. The fourth-order valence-corrected chi connectivity index (χ4v) is 3.31. The number of halogens is 2. The van der Waals surface area contributed by atoms with Gasteiger partial charge in [-0.15, -0.1) is 0 Å². The predicted octanol–water partition coefficient (Wildman–Crippen LogP) is 4.42. The fraction of sp³-hybridized carbons (Fsp3) is 0.611. The van der Waals surface area contributed by atoms with E-state index >= 15 is 0 Å². The zero-order chi connectivity index (χ0) is 19.1. The predicted molar refractivity (Wildman–Crippen MR) is 102 cm³/mol. The highest BCUT2D eigenvalue weighted by Crippen LogP contribution is 2.39. The van der Waals surface area contributed by atoms with Crippen molar-refractivity contribution < 1.29 is 18.4 Å². The molecule has 8 heteroatoms. The van der Waals surface area contributed by atoms with Gasteiger partial charge in [-0.1, -0.05) is 11.6 Å². The van der Waals surface area contributed by atoms with Crippen molar-refractivity contribution in [1.29, 1.82) is 5.41 Å². The van der Waals surface area contributed by atoms with E-state index in [1.54, 1.807) is 6.07 Å². The number of rotatable bonds is 4.